The molecule has 0 saturated carbocycles. The van der Waals surface area contributed by atoms with Crippen molar-refractivity contribution in [2.24, 2.45) is 5.92 Å². The van der Waals surface area contributed by atoms with E-state index in [1.54, 1.807) is 19.2 Å². The van der Waals surface area contributed by atoms with Gasteiger partial charge in [-0.15, -0.1) is 0 Å². The molecule has 1 aromatic carbocycles. The number of rotatable bonds is 5. The van der Waals surface area contributed by atoms with Crippen LogP contribution in [0.15, 0.2) is 12.1 Å². The normalized spacial score (nSPS) is 13.1. The summed E-state index contributed by atoms with van der Waals surface area (Å²) in [6, 6.07) is 3.30. The lowest BCUT2D eigenvalue weighted by Gasteiger charge is -2.22. The van der Waals surface area contributed by atoms with Crippen LogP contribution in [0.1, 0.15) is 36.6 Å². The number of benzene rings is 1. The summed E-state index contributed by atoms with van der Waals surface area (Å²) in [7, 11) is 1.58. The topological polar surface area (TPSA) is 69.9 Å². The van der Waals surface area contributed by atoms with Crippen LogP contribution in [0, 0.1) is 5.92 Å². The summed E-state index contributed by atoms with van der Waals surface area (Å²) in [6.07, 6.45) is -0.258. The first-order valence-electron chi connectivity index (χ1n) is 5.64. The van der Waals surface area contributed by atoms with Gasteiger partial charge in [-0.2, -0.15) is 0 Å². The molecular weight excluding hydrogens is 220 g/mol. The molecule has 1 atom stereocenters. The van der Waals surface area contributed by atoms with E-state index in [-0.39, 0.29) is 31.0 Å². The van der Waals surface area contributed by atoms with Crippen LogP contribution in [0.5, 0.6) is 5.75 Å². The van der Waals surface area contributed by atoms with E-state index in [2.05, 4.69) is 0 Å². The molecule has 1 aromatic rings. The van der Waals surface area contributed by atoms with Gasteiger partial charge in [0.1, 0.15) is 5.75 Å². The Kier molecular flexibility index (Phi) is 4.93. The molecule has 4 nitrogen and oxygen atoms in total. The Balaban J connectivity index is 3.29. The predicted molar refractivity (Wildman–Crippen MR) is 64.5 cm³/mol. The number of hydrogen-bond acceptors (Lipinski definition) is 4. The monoisotopic (exact) mass is 240 g/mol. The van der Waals surface area contributed by atoms with Crippen molar-refractivity contribution in [1.29, 1.82) is 0 Å². The van der Waals surface area contributed by atoms with Gasteiger partial charge in [0.25, 0.3) is 0 Å². The molecule has 0 aromatic heterocycles. The molecule has 0 saturated heterocycles. The Morgan fingerprint density at radius 3 is 2.24 bits per heavy atom. The fraction of sp³-hybridized carbons (Fsp3) is 0.538. The van der Waals surface area contributed by atoms with Gasteiger partial charge in [-0.3, -0.25) is 0 Å². The number of aliphatic hydroxyl groups is 2. The molecule has 0 bridgehead atoms. The van der Waals surface area contributed by atoms with Crippen LogP contribution in [0.4, 0.5) is 0 Å². The Morgan fingerprint density at radius 2 is 1.82 bits per heavy atom. The number of phenols is 1. The van der Waals surface area contributed by atoms with Crippen LogP contribution in [0.3, 0.4) is 0 Å². The van der Waals surface area contributed by atoms with Gasteiger partial charge in [-0.1, -0.05) is 13.8 Å². The standard InChI is InChI=1S/C13H20O4/c1-8(2)13(17-3)11-5-9(6-14)4-10(7-15)12(11)16/h4-5,8,13-16H,6-7H2,1-3H3. The molecule has 0 heterocycles. The minimum Gasteiger partial charge on any atom is -0.507 e. The van der Waals surface area contributed by atoms with Crippen molar-refractivity contribution in [3.05, 3.63) is 28.8 Å². The SMILES string of the molecule is COC(c1cc(CO)cc(CO)c1O)C(C)C. The molecule has 4 heteroatoms. The average Bonchev–Trinajstić information content (AvgIpc) is 2.31. The first-order chi connectivity index (χ1) is 8.04. The summed E-state index contributed by atoms with van der Waals surface area (Å²) in [6.45, 7) is 3.58. The van der Waals surface area contributed by atoms with E-state index < -0.39 is 0 Å². The third-order valence-corrected chi connectivity index (χ3v) is 2.80. The largest absolute Gasteiger partial charge is 0.507 e. The van der Waals surface area contributed by atoms with Gasteiger partial charge in [0.15, 0.2) is 0 Å². The fourth-order valence-electron chi connectivity index (χ4n) is 1.97. The van der Waals surface area contributed by atoms with Gasteiger partial charge < -0.3 is 20.1 Å². The highest BCUT2D eigenvalue weighted by Crippen LogP contribution is 2.35. The van der Waals surface area contributed by atoms with Crippen molar-refractivity contribution in [1.82, 2.24) is 0 Å². The number of ether oxygens (including phenoxy) is 1. The van der Waals surface area contributed by atoms with E-state index in [0.29, 0.717) is 16.7 Å². The van der Waals surface area contributed by atoms with E-state index in [0.717, 1.165) is 0 Å². The highest BCUT2D eigenvalue weighted by Gasteiger charge is 2.21. The highest BCUT2D eigenvalue weighted by molar-refractivity contribution is 5.44. The average molecular weight is 240 g/mol. The lowest BCUT2D eigenvalue weighted by atomic mass is 9.94. The van der Waals surface area contributed by atoms with Crippen molar-refractivity contribution in [3.63, 3.8) is 0 Å². The lowest BCUT2D eigenvalue weighted by Crippen LogP contribution is -2.10. The van der Waals surface area contributed by atoms with Gasteiger partial charge in [0.2, 0.25) is 0 Å². The third kappa shape index (κ3) is 2.97. The van der Waals surface area contributed by atoms with Crippen LogP contribution in [-0.2, 0) is 18.0 Å². The summed E-state index contributed by atoms with van der Waals surface area (Å²) in [5.41, 5.74) is 1.68. The molecule has 0 aliphatic heterocycles. The molecular formula is C13H20O4. The quantitative estimate of drug-likeness (QED) is 0.733. The molecule has 0 fully saturated rings. The van der Waals surface area contributed by atoms with Gasteiger partial charge in [0, 0.05) is 18.2 Å². The first-order valence-corrected chi connectivity index (χ1v) is 5.64. The van der Waals surface area contributed by atoms with E-state index in [4.69, 9.17) is 9.84 Å². The molecule has 0 aliphatic carbocycles. The van der Waals surface area contributed by atoms with Gasteiger partial charge in [-0.25, -0.2) is 0 Å². The molecule has 1 unspecified atom stereocenters. The summed E-state index contributed by atoms with van der Waals surface area (Å²) in [4.78, 5) is 0. The summed E-state index contributed by atoms with van der Waals surface area (Å²) >= 11 is 0. The van der Waals surface area contributed by atoms with Crippen molar-refractivity contribution >= 4 is 0 Å². The van der Waals surface area contributed by atoms with Crippen LogP contribution < -0.4 is 0 Å². The van der Waals surface area contributed by atoms with Crippen molar-refractivity contribution in [3.8, 4) is 5.75 Å². The van der Waals surface area contributed by atoms with E-state index in [9.17, 15) is 10.2 Å². The first kappa shape index (κ1) is 14.0. The molecule has 96 valence electrons. The maximum absolute atomic E-state index is 10.0. The number of aromatic hydroxyl groups is 1. The molecule has 0 aliphatic rings. The molecule has 0 spiro atoms. The highest BCUT2D eigenvalue weighted by atomic mass is 16.5. The van der Waals surface area contributed by atoms with Crippen LogP contribution in [0.25, 0.3) is 0 Å². The fourth-order valence-corrected chi connectivity index (χ4v) is 1.97. The smallest absolute Gasteiger partial charge is 0.126 e. The molecule has 3 N–H and O–H groups in total. The number of methoxy groups -OCH3 is 1. The Hall–Kier alpha value is -1.10. The summed E-state index contributed by atoms with van der Waals surface area (Å²) in [5, 5.41) is 28.4. The predicted octanol–water partition coefficient (Wildman–Crippen LogP) is 1.72. The second-order valence-electron chi connectivity index (χ2n) is 4.41. The van der Waals surface area contributed by atoms with Crippen LogP contribution in [0.2, 0.25) is 0 Å². The Bertz CT molecular complexity index is 374. The van der Waals surface area contributed by atoms with Gasteiger partial charge >= 0.3 is 0 Å². The Morgan fingerprint density at radius 1 is 1.18 bits per heavy atom. The van der Waals surface area contributed by atoms with Crippen LogP contribution >= 0.6 is 0 Å². The molecule has 1 rings (SSSR count). The van der Waals surface area contributed by atoms with Crippen molar-refractivity contribution in [2.45, 2.75) is 33.2 Å². The minimum absolute atomic E-state index is 0.0465. The maximum Gasteiger partial charge on any atom is 0.126 e. The zero-order valence-corrected chi connectivity index (χ0v) is 10.5. The third-order valence-electron chi connectivity index (χ3n) is 2.80. The van der Waals surface area contributed by atoms with E-state index in [1.807, 2.05) is 13.8 Å². The van der Waals surface area contributed by atoms with Crippen LogP contribution in [-0.4, -0.2) is 22.4 Å². The minimum atomic E-state index is -0.263. The molecule has 0 amide bonds. The maximum atomic E-state index is 10.0. The second-order valence-corrected chi connectivity index (χ2v) is 4.41. The second kappa shape index (κ2) is 6.00. The Labute approximate surface area is 101 Å². The van der Waals surface area contributed by atoms with Crippen molar-refractivity contribution < 1.29 is 20.1 Å². The van der Waals surface area contributed by atoms with E-state index >= 15 is 0 Å². The molecule has 0 radical (unpaired) electrons. The van der Waals surface area contributed by atoms with Gasteiger partial charge in [0.05, 0.1) is 19.3 Å². The van der Waals surface area contributed by atoms with Crippen molar-refractivity contribution in [2.75, 3.05) is 7.11 Å². The zero-order chi connectivity index (χ0) is 13.0. The summed E-state index contributed by atoms with van der Waals surface area (Å²) < 4.78 is 5.35. The zero-order valence-electron chi connectivity index (χ0n) is 10.5. The van der Waals surface area contributed by atoms with E-state index in [1.165, 1.54) is 0 Å². The lowest BCUT2D eigenvalue weighted by molar-refractivity contribution is 0.0622. The molecule has 17 heavy (non-hydrogen) atoms. The summed E-state index contributed by atoms with van der Waals surface area (Å²) in [5.74, 6) is 0.233. The van der Waals surface area contributed by atoms with Gasteiger partial charge in [-0.05, 0) is 23.6 Å². The number of hydrogen-bond donors (Lipinski definition) is 3. The number of aliphatic hydroxyl groups excluding tert-OH is 2.